The summed E-state index contributed by atoms with van der Waals surface area (Å²) in [4.78, 5) is 23.9. The third-order valence-electron chi connectivity index (χ3n) is 4.82. The normalized spacial score (nSPS) is 11.5. The number of hydrogen-bond acceptors (Lipinski definition) is 4. The Morgan fingerprint density at radius 2 is 1.69 bits per heavy atom. The maximum Gasteiger partial charge on any atom is 0.354 e. The fraction of sp³-hybridized carbons (Fsp3) is 0.536. The van der Waals surface area contributed by atoms with E-state index in [9.17, 15) is 4.79 Å². The van der Waals surface area contributed by atoms with Crippen molar-refractivity contribution in [2.45, 2.75) is 87.7 Å². The van der Waals surface area contributed by atoms with Crippen LogP contribution < -0.4 is 22.1 Å². The molecule has 0 unspecified atom stereocenters. The molecule has 202 valence electrons. The zero-order valence-corrected chi connectivity index (χ0v) is 24.1. The number of guanidine groups is 1. The van der Waals surface area contributed by atoms with Gasteiger partial charge in [-0.3, -0.25) is 9.56 Å². The molecule has 8 heteroatoms. The zero-order chi connectivity index (χ0) is 27.7. The van der Waals surface area contributed by atoms with Gasteiger partial charge in [-0.2, -0.15) is 4.98 Å². The highest BCUT2D eigenvalue weighted by Crippen LogP contribution is 2.17. The largest absolute Gasteiger partial charge is 0.370 e. The summed E-state index contributed by atoms with van der Waals surface area (Å²) in [6.45, 7) is 21.7. The SMILES string of the molecule is CC.CC.CC.Cc1cc2cn(-c3ccc([C@H](C)NCCCN=C(N)NC(C)C)cc3)c(=O)nc2[nH]1. The number of rotatable bonds is 8. The minimum Gasteiger partial charge on any atom is -0.370 e. The fourth-order valence-corrected chi connectivity index (χ4v) is 3.30. The number of aromatic amines is 1. The van der Waals surface area contributed by atoms with Gasteiger partial charge in [0.1, 0.15) is 5.65 Å². The molecule has 1 atom stereocenters. The number of aryl methyl sites for hydroxylation is 1. The standard InChI is InChI=1S/C22H31N7O.3C2H6/c1-14(2)26-21(23)25-11-5-10-24-16(4)17-6-8-19(9-7-17)29-13-18-12-15(3)27-20(18)28-22(29)30;3*1-2/h6-9,12-14,16,24H,5,10-11H2,1-4H3,(H3,23,25,26)(H,27,28,30);3*1-2H3/t16-;;;/m0.../s1. The monoisotopic (exact) mass is 499 g/mol. The van der Waals surface area contributed by atoms with E-state index in [0.717, 1.165) is 35.3 Å². The zero-order valence-electron chi connectivity index (χ0n) is 24.1. The van der Waals surface area contributed by atoms with Gasteiger partial charge in [-0.25, -0.2) is 4.79 Å². The summed E-state index contributed by atoms with van der Waals surface area (Å²) in [5, 5.41) is 7.49. The average Bonchev–Trinajstić information content (AvgIpc) is 3.25. The first-order chi connectivity index (χ1) is 17.3. The highest BCUT2D eigenvalue weighted by atomic mass is 16.1. The first kappa shape index (κ1) is 32.9. The van der Waals surface area contributed by atoms with Crippen LogP contribution in [0.25, 0.3) is 16.7 Å². The molecule has 2 aromatic heterocycles. The van der Waals surface area contributed by atoms with E-state index >= 15 is 0 Å². The molecule has 0 aliphatic rings. The van der Waals surface area contributed by atoms with Crippen molar-refractivity contribution < 1.29 is 0 Å². The fourth-order valence-electron chi connectivity index (χ4n) is 3.30. The topological polar surface area (TPSA) is 113 Å². The van der Waals surface area contributed by atoms with E-state index in [1.807, 2.05) is 98.8 Å². The number of nitrogens with zero attached hydrogens (tertiary/aromatic N) is 3. The molecule has 0 amide bonds. The molecule has 3 rings (SSSR count). The lowest BCUT2D eigenvalue weighted by atomic mass is 10.1. The van der Waals surface area contributed by atoms with Crippen molar-refractivity contribution in [1.29, 1.82) is 0 Å². The van der Waals surface area contributed by atoms with E-state index in [1.54, 1.807) is 4.57 Å². The summed E-state index contributed by atoms with van der Waals surface area (Å²) in [6, 6.07) is 10.4. The molecule has 0 bridgehead atoms. The number of benzene rings is 1. The second kappa shape index (κ2) is 18.2. The van der Waals surface area contributed by atoms with Crippen LogP contribution in [0.15, 0.2) is 46.3 Å². The van der Waals surface area contributed by atoms with Crippen LogP contribution in [0, 0.1) is 6.92 Å². The molecule has 1 aromatic carbocycles. The van der Waals surface area contributed by atoms with E-state index in [2.05, 4.69) is 32.5 Å². The first-order valence-corrected chi connectivity index (χ1v) is 13.3. The van der Waals surface area contributed by atoms with Gasteiger partial charge in [0.25, 0.3) is 0 Å². The Balaban J connectivity index is 0.00000190. The van der Waals surface area contributed by atoms with Gasteiger partial charge in [0, 0.05) is 35.9 Å². The predicted octanol–water partition coefficient (Wildman–Crippen LogP) is 5.45. The van der Waals surface area contributed by atoms with Crippen LogP contribution in [-0.4, -0.2) is 39.6 Å². The summed E-state index contributed by atoms with van der Waals surface area (Å²) in [5.74, 6) is 0.492. The molecule has 0 spiro atoms. The third-order valence-corrected chi connectivity index (χ3v) is 4.82. The number of aliphatic imine (C=N–C) groups is 1. The lowest BCUT2D eigenvalue weighted by Crippen LogP contribution is -2.36. The summed E-state index contributed by atoms with van der Waals surface area (Å²) < 4.78 is 1.57. The molecule has 0 aliphatic heterocycles. The van der Waals surface area contributed by atoms with Gasteiger partial charge >= 0.3 is 5.69 Å². The molecule has 0 radical (unpaired) electrons. The molecular formula is C28H49N7O. The van der Waals surface area contributed by atoms with Crippen molar-refractivity contribution in [3.8, 4) is 5.69 Å². The van der Waals surface area contributed by atoms with Crippen molar-refractivity contribution in [3.63, 3.8) is 0 Å². The van der Waals surface area contributed by atoms with Gasteiger partial charge < -0.3 is 21.4 Å². The summed E-state index contributed by atoms with van der Waals surface area (Å²) >= 11 is 0. The maximum atomic E-state index is 12.4. The van der Waals surface area contributed by atoms with Crippen molar-refractivity contribution in [3.05, 3.63) is 58.3 Å². The minimum absolute atomic E-state index is 0.193. The van der Waals surface area contributed by atoms with Crippen LogP contribution in [0.1, 0.15) is 86.0 Å². The van der Waals surface area contributed by atoms with Crippen LogP contribution in [0.2, 0.25) is 0 Å². The summed E-state index contributed by atoms with van der Waals surface area (Å²) in [7, 11) is 0. The Labute approximate surface area is 217 Å². The Kier molecular flexibility index (Phi) is 16.6. The minimum atomic E-state index is -0.296. The lowest BCUT2D eigenvalue weighted by molar-refractivity contribution is 0.561. The van der Waals surface area contributed by atoms with Gasteiger partial charge in [0.05, 0.1) is 5.69 Å². The van der Waals surface area contributed by atoms with Crippen LogP contribution >= 0.6 is 0 Å². The smallest absolute Gasteiger partial charge is 0.354 e. The second-order valence-electron chi connectivity index (χ2n) is 7.84. The number of H-pyrrole nitrogens is 1. The van der Waals surface area contributed by atoms with Gasteiger partial charge in [-0.05, 0) is 64.4 Å². The van der Waals surface area contributed by atoms with Crippen LogP contribution in [-0.2, 0) is 0 Å². The van der Waals surface area contributed by atoms with E-state index < -0.39 is 0 Å². The van der Waals surface area contributed by atoms with E-state index in [4.69, 9.17) is 5.73 Å². The highest BCUT2D eigenvalue weighted by Gasteiger charge is 2.08. The number of nitrogens with two attached hydrogens (primary N) is 1. The average molecular weight is 500 g/mol. The Hall–Kier alpha value is -3.13. The second-order valence-corrected chi connectivity index (χ2v) is 7.84. The van der Waals surface area contributed by atoms with E-state index in [-0.39, 0.29) is 17.8 Å². The maximum absolute atomic E-state index is 12.4. The number of hydrogen-bond donors (Lipinski definition) is 4. The molecule has 0 aliphatic carbocycles. The summed E-state index contributed by atoms with van der Waals surface area (Å²) in [6.07, 6.45) is 2.73. The molecule has 2 heterocycles. The van der Waals surface area contributed by atoms with Crippen LogP contribution in [0.3, 0.4) is 0 Å². The quantitative estimate of drug-likeness (QED) is 0.187. The van der Waals surface area contributed by atoms with Gasteiger partial charge in [0.2, 0.25) is 0 Å². The molecule has 0 saturated heterocycles. The predicted molar refractivity (Wildman–Crippen MR) is 156 cm³/mol. The van der Waals surface area contributed by atoms with E-state index in [0.29, 0.717) is 18.2 Å². The van der Waals surface area contributed by atoms with Crippen molar-refractivity contribution in [2.75, 3.05) is 13.1 Å². The van der Waals surface area contributed by atoms with Crippen LogP contribution in [0.5, 0.6) is 0 Å². The highest BCUT2D eigenvalue weighted by molar-refractivity contribution is 5.78. The molecule has 5 N–H and O–H groups in total. The Morgan fingerprint density at radius 3 is 2.28 bits per heavy atom. The lowest BCUT2D eigenvalue weighted by Gasteiger charge is -2.15. The first-order valence-electron chi connectivity index (χ1n) is 13.3. The Bertz CT molecular complexity index is 1070. The number of aromatic nitrogens is 3. The number of fused-ring (bicyclic) bond motifs is 1. The third kappa shape index (κ3) is 10.6. The van der Waals surface area contributed by atoms with Crippen molar-refractivity contribution in [1.82, 2.24) is 25.2 Å². The molecule has 0 fully saturated rings. The van der Waals surface area contributed by atoms with Gasteiger partial charge in [-0.15, -0.1) is 0 Å². The Morgan fingerprint density at radius 1 is 1.08 bits per heavy atom. The molecule has 0 saturated carbocycles. The van der Waals surface area contributed by atoms with Crippen molar-refractivity contribution >= 4 is 17.0 Å². The number of nitrogens with one attached hydrogen (secondary N) is 3. The molecular weight excluding hydrogens is 450 g/mol. The van der Waals surface area contributed by atoms with Crippen molar-refractivity contribution in [2.24, 2.45) is 10.7 Å². The van der Waals surface area contributed by atoms with E-state index in [1.165, 1.54) is 0 Å². The van der Waals surface area contributed by atoms with Gasteiger partial charge in [0.15, 0.2) is 5.96 Å². The molecule has 3 aromatic rings. The van der Waals surface area contributed by atoms with Gasteiger partial charge in [-0.1, -0.05) is 53.7 Å². The summed E-state index contributed by atoms with van der Waals surface area (Å²) in [5.41, 5.74) is 9.06. The molecule has 36 heavy (non-hydrogen) atoms. The van der Waals surface area contributed by atoms with Crippen LogP contribution in [0.4, 0.5) is 0 Å². The molecule has 8 nitrogen and oxygen atoms in total.